The van der Waals surface area contributed by atoms with Crippen molar-refractivity contribution in [3.05, 3.63) is 36.9 Å². The van der Waals surface area contributed by atoms with Gasteiger partial charge in [-0.25, -0.2) is 8.42 Å². The van der Waals surface area contributed by atoms with E-state index in [1.165, 1.54) is 44.4 Å². The fraction of sp³-hybridized carbons (Fsp3) is 0.308. The molecule has 0 saturated heterocycles. The molecule has 1 aromatic rings. The predicted octanol–water partition coefficient (Wildman–Crippen LogP) is 0.664. The molecule has 1 amide bonds. The van der Waals surface area contributed by atoms with Crippen LogP contribution in [0.1, 0.15) is 6.92 Å². The van der Waals surface area contributed by atoms with Crippen LogP contribution in [0.2, 0.25) is 0 Å². The predicted molar refractivity (Wildman–Crippen MR) is 76.0 cm³/mol. The third-order valence-electron chi connectivity index (χ3n) is 2.52. The van der Waals surface area contributed by atoms with Gasteiger partial charge in [0.15, 0.2) is 0 Å². The van der Waals surface area contributed by atoms with Gasteiger partial charge in [-0.05, 0) is 31.2 Å². The highest BCUT2D eigenvalue weighted by atomic mass is 32.2. The highest BCUT2D eigenvalue weighted by Crippen LogP contribution is 2.15. The van der Waals surface area contributed by atoms with E-state index in [9.17, 15) is 13.2 Å². The van der Waals surface area contributed by atoms with Crippen molar-refractivity contribution in [1.29, 1.82) is 0 Å². The molecule has 0 aromatic heterocycles. The van der Waals surface area contributed by atoms with Crippen LogP contribution in [0.3, 0.4) is 0 Å². The van der Waals surface area contributed by atoms with Crippen molar-refractivity contribution in [3.8, 4) is 5.75 Å². The largest absolute Gasteiger partial charge is 0.497 e. The average molecular weight is 298 g/mol. The topological polar surface area (TPSA) is 84.5 Å². The molecular weight excluding hydrogens is 280 g/mol. The van der Waals surface area contributed by atoms with Gasteiger partial charge in [0.2, 0.25) is 15.9 Å². The summed E-state index contributed by atoms with van der Waals surface area (Å²) in [5.41, 5.74) is 0. The molecule has 1 rings (SSSR count). The Labute approximate surface area is 118 Å². The Hall–Kier alpha value is -1.86. The van der Waals surface area contributed by atoms with Crippen LogP contribution in [0, 0.1) is 0 Å². The van der Waals surface area contributed by atoms with Gasteiger partial charge in [-0.15, -0.1) is 6.58 Å². The summed E-state index contributed by atoms with van der Waals surface area (Å²) < 4.78 is 31.4. The monoisotopic (exact) mass is 298 g/mol. The molecule has 0 bridgehead atoms. The molecule has 1 aromatic carbocycles. The normalized spacial score (nSPS) is 12.5. The number of hydrogen-bond donors (Lipinski definition) is 2. The lowest BCUT2D eigenvalue weighted by molar-refractivity contribution is -0.122. The van der Waals surface area contributed by atoms with Gasteiger partial charge in [0, 0.05) is 6.54 Å². The fourth-order valence-electron chi connectivity index (χ4n) is 1.44. The number of carbonyl (C=O) groups is 1. The van der Waals surface area contributed by atoms with Gasteiger partial charge in [0.05, 0.1) is 18.0 Å². The first-order valence-electron chi connectivity index (χ1n) is 5.95. The van der Waals surface area contributed by atoms with E-state index in [0.717, 1.165) is 0 Å². The smallest absolute Gasteiger partial charge is 0.241 e. The summed E-state index contributed by atoms with van der Waals surface area (Å²) in [6.07, 6.45) is 1.52. The molecule has 7 heteroatoms. The molecule has 2 N–H and O–H groups in total. The van der Waals surface area contributed by atoms with E-state index < -0.39 is 22.0 Å². The Kier molecular flexibility index (Phi) is 5.72. The van der Waals surface area contributed by atoms with Gasteiger partial charge >= 0.3 is 0 Å². The Balaban J connectivity index is 2.77. The van der Waals surface area contributed by atoms with Gasteiger partial charge in [-0.1, -0.05) is 6.08 Å². The minimum absolute atomic E-state index is 0.0710. The van der Waals surface area contributed by atoms with Crippen LogP contribution in [0.25, 0.3) is 0 Å². The molecule has 1 atom stereocenters. The maximum absolute atomic E-state index is 12.1. The van der Waals surface area contributed by atoms with Gasteiger partial charge in [0.1, 0.15) is 5.75 Å². The Morgan fingerprint density at radius 2 is 2.00 bits per heavy atom. The van der Waals surface area contributed by atoms with E-state index in [1.54, 1.807) is 0 Å². The molecule has 0 radical (unpaired) electrons. The van der Waals surface area contributed by atoms with Gasteiger partial charge in [0.25, 0.3) is 0 Å². The van der Waals surface area contributed by atoms with E-state index in [0.29, 0.717) is 5.75 Å². The van der Waals surface area contributed by atoms with E-state index in [1.807, 2.05) is 0 Å². The van der Waals surface area contributed by atoms with Crippen LogP contribution in [0.15, 0.2) is 41.8 Å². The summed E-state index contributed by atoms with van der Waals surface area (Å²) >= 11 is 0. The maximum atomic E-state index is 12.1. The quantitative estimate of drug-likeness (QED) is 0.724. The summed E-state index contributed by atoms with van der Waals surface area (Å²) in [5.74, 6) is 0.141. The Morgan fingerprint density at radius 1 is 1.40 bits per heavy atom. The van der Waals surface area contributed by atoms with E-state index in [4.69, 9.17) is 4.74 Å². The maximum Gasteiger partial charge on any atom is 0.241 e. The van der Waals surface area contributed by atoms with Crippen molar-refractivity contribution < 1.29 is 17.9 Å². The number of methoxy groups -OCH3 is 1. The van der Waals surface area contributed by atoms with Crippen LogP contribution in [0.4, 0.5) is 0 Å². The number of carbonyl (C=O) groups excluding carboxylic acids is 1. The Morgan fingerprint density at radius 3 is 2.50 bits per heavy atom. The molecule has 0 unspecified atom stereocenters. The SMILES string of the molecule is C=CCNC(=O)[C@H](C)NS(=O)(=O)c1ccc(OC)cc1. The van der Waals surface area contributed by atoms with Crippen LogP contribution in [0.5, 0.6) is 5.75 Å². The number of amides is 1. The standard InChI is InChI=1S/C13H18N2O4S/c1-4-9-14-13(16)10(2)15-20(17,18)12-7-5-11(19-3)6-8-12/h4-8,10,15H,1,9H2,2-3H3,(H,14,16)/t10-/m0/s1. The van der Waals surface area contributed by atoms with Crippen molar-refractivity contribution in [3.63, 3.8) is 0 Å². The molecule has 0 saturated carbocycles. The molecule has 0 aliphatic carbocycles. The number of hydrogen-bond acceptors (Lipinski definition) is 4. The zero-order valence-corrected chi connectivity index (χ0v) is 12.2. The first kappa shape index (κ1) is 16.2. The van der Waals surface area contributed by atoms with Crippen LogP contribution in [-0.4, -0.2) is 34.0 Å². The first-order valence-corrected chi connectivity index (χ1v) is 7.44. The molecule has 0 aliphatic rings. The molecular formula is C13H18N2O4S. The van der Waals surface area contributed by atoms with Gasteiger partial charge < -0.3 is 10.1 Å². The first-order chi connectivity index (χ1) is 9.40. The van der Waals surface area contributed by atoms with Crippen molar-refractivity contribution >= 4 is 15.9 Å². The summed E-state index contributed by atoms with van der Waals surface area (Å²) in [6.45, 7) is 5.22. The number of nitrogens with one attached hydrogen (secondary N) is 2. The lowest BCUT2D eigenvalue weighted by atomic mass is 10.3. The van der Waals surface area contributed by atoms with Crippen LogP contribution >= 0.6 is 0 Å². The lowest BCUT2D eigenvalue weighted by Gasteiger charge is -2.14. The summed E-state index contributed by atoms with van der Waals surface area (Å²) in [4.78, 5) is 11.7. The minimum Gasteiger partial charge on any atom is -0.497 e. The third kappa shape index (κ3) is 4.36. The van der Waals surface area contributed by atoms with Crippen molar-refractivity contribution in [2.75, 3.05) is 13.7 Å². The zero-order chi connectivity index (χ0) is 15.2. The zero-order valence-electron chi connectivity index (χ0n) is 11.4. The van der Waals surface area contributed by atoms with Crippen LogP contribution in [-0.2, 0) is 14.8 Å². The number of benzene rings is 1. The second-order valence-corrected chi connectivity index (χ2v) is 5.77. The van der Waals surface area contributed by atoms with E-state index in [2.05, 4.69) is 16.6 Å². The summed E-state index contributed by atoms with van der Waals surface area (Å²) in [6, 6.07) is 5.03. The second-order valence-electron chi connectivity index (χ2n) is 4.05. The number of sulfonamides is 1. The summed E-state index contributed by atoms with van der Waals surface area (Å²) in [7, 11) is -2.25. The molecule has 0 heterocycles. The Bertz CT molecular complexity index is 567. The van der Waals surface area contributed by atoms with E-state index >= 15 is 0 Å². The second kappa shape index (κ2) is 7.06. The minimum atomic E-state index is -3.75. The highest BCUT2D eigenvalue weighted by molar-refractivity contribution is 7.89. The fourth-order valence-corrected chi connectivity index (χ4v) is 2.64. The number of rotatable bonds is 7. The molecule has 6 nitrogen and oxygen atoms in total. The molecule has 110 valence electrons. The van der Waals surface area contributed by atoms with Crippen molar-refractivity contribution in [1.82, 2.24) is 10.0 Å². The van der Waals surface area contributed by atoms with Crippen molar-refractivity contribution in [2.45, 2.75) is 17.9 Å². The van der Waals surface area contributed by atoms with Crippen LogP contribution < -0.4 is 14.8 Å². The molecule has 0 spiro atoms. The van der Waals surface area contributed by atoms with E-state index in [-0.39, 0.29) is 11.4 Å². The number of ether oxygens (including phenoxy) is 1. The highest BCUT2D eigenvalue weighted by Gasteiger charge is 2.21. The van der Waals surface area contributed by atoms with Crippen molar-refractivity contribution in [2.24, 2.45) is 0 Å². The van der Waals surface area contributed by atoms with Gasteiger partial charge in [-0.3, -0.25) is 4.79 Å². The lowest BCUT2D eigenvalue weighted by Crippen LogP contribution is -2.44. The van der Waals surface area contributed by atoms with Gasteiger partial charge in [-0.2, -0.15) is 4.72 Å². The third-order valence-corrected chi connectivity index (χ3v) is 4.07. The molecule has 20 heavy (non-hydrogen) atoms. The summed E-state index contributed by atoms with van der Waals surface area (Å²) in [5, 5.41) is 2.52. The average Bonchev–Trinajstić information content (AvgIpc) is 2.44. The molecule has 0 aliphatic heterocycles. The molecule has 0 fully saturated rings.